The fourth-order valence-corrected chi connectivity index (χ4v) is 1.14. The van der Waals surface area contributed by atoms with Crippen LogP contribution in [-0.2, 0) is 9.53 Å². The van der Waals surface area contributed by atoms with Gasteiger partial charge < -0.3 is 4.74 Å². The number of ether oxygens (including phenoxy) is 1. The van der Waals surface area contributed by atoms with Gasteiger partial charge in [-0.1, -0.05) is 13.0 Å². The van der Waals surface area contributed by atoms with Gasteiger partial charge in [-0.15, -0.1) is 0 Å². The average Bonchev–Trinajstić information content (AvgIpc) is 2.13. The molecule has 0 aromatic heterocycles. The van der Waals surface area contributed by atoms with Crippen molar-refractivity contribution in [1.29, 1.82) is 0 Å². The number of rotatable bonds is 5. The Bertz CT molecular complexity index is 247. The SMILES string of the molecule is C/C=C(\C(=O)OCC)C(CC)[N+](=O)[O-]. The molecule has 1 unspecified atom stereocenters. The Balaban J connectivity index is 4.70. The Kier molecular flexibility index (Phi) is 5.52. The van der Waals surface area contributed by atoms with Crippen LogP contribution in [0.3, 0.4) is 0 Å². The maximum absolute atomic E-state index is 11.3. The van der Waals surface area contributed by atoms with Crippen molar-refractivity contribution in [2.75, 3.05) is 6.61 Å². The van der Waals surface area contributed by atoms with E-state index in [0.29, 0.717) is 0 Å². The van der Waals surface area contributed by atoms with Crippen molar-refractivity contribution in [3.05, 3.63) is 21.8 Å². The number of nitro groups is 1. The lowest BCUT2D eigenvalue weighted by Crippen LogP contribution is -2.27. The Morgan fingerprint density at radius 1 is 1.57 bits per heavy atom. The first-order valence-corrected chi connectivity index (χ1v) is 4.55. The van der Waals surface area contributed by atoms with Gasteiger partial charge in [0.2, 0.25) is 6.04 Å². The van der Waals surface area contributed by atoms with Crippen molar-refractivity contribution in [3.8, 4) is 0 Å². The maximum Gasteiger partial charge on any atom is 0.340 e. The molecule has 0 rings (SSSR count). The third kappa shape index (κ3) is 3.16. The molecule has 0 radical (unpaired) electrons. The van der Waals surface area contributed by atoms with E-state index in [1.807, 2.05) is 0 Å². The van der Waals surface area contributed by atoms with Gasteiger partial charge in [-0.2, -0.15) is 0 Å². The third-order valence-electron chi connectivity index (χ3n) is 1.82. The van der Waals surface area contributed by atoms with E-state index in [2.05, 4.69) is 0 Å². The summed E-state index contributed by atoms with van der Waals surface area (Å²) in [6.07, 6.45) is 1.72. The molecule has 1 atom stereocenters. The molecule has 0 saturated heterocycles. The summed E-state index contributed by atoms with van der Waals surface area (Å²) in [7, 11) is 0. The summed E-state index contributed by atoms with van der Waals surface area (Å²) in [4.78, 5) is 21.4. The maximum atomic E-state index is 11.3. The van der Waals surface area contributed by atoms with E-state index >= 15 is 0 Å². The third-order valence-corrected chi connectivity index (χ3v) is 1.82. The molecule has 5 nitrogen and oxygen atoms in total. The summed E-state index contributed by atoms with van der Waals surface area (Å²) in [6, 6.07) is -0.959. The molecule has 14 heavy (non-hydrogen) atoms. The second-order valence-electron chi connectivity index (χ2n) is 2.67. The van der Waals surface area contributed by atoms with Crippen LogP contribution < -0.4 is 0 Å². The van der Waals surface area contributed by atoms with E-state index in [9.17, 15) is 14.9 Å². The number of hydrogen-bond acceptors (Lipinski definition) is 4. The number of nitrogens with zero attached hydrogens (tertiary/aromatic N) is 1. The van der Waals surface area contributed by atoms with Crippen molar-refractivity contribution >= 4 is 5.97 Å². The topological polar surface area (TPSA) is 69.4 Å². The van der Waals surface area contributed by atoms with Gasteiger partial charge in [-0.3, -0.25) is 10.1 Å². The molecule has 0 aliphatic carbocycles. The molecular weight excluding hydrogens is 186 g/mol. The highest BCUT2D eigenvalue weighted by Gasteiger charge is 2.28. The molecule has 0 aromatic rings. The number of esters is 1. The molecular formula is C9H15NO4. The standard InChI is InChI=1S/C9H15NO4/c1-4-7(9(11)14-6-3)8(5-2)10(12)13/h4,8H,5-6H2,1-3H3/b7-4-. The van der Waals surface area contributed by atoms with Crippen LogP contribution in [0.4, 0.5) is 0 Å². The van der Waals surface area contributed by atoms with Gasteiger partial charge in [0.25, 0.3) is 0 Å². The van der Waals surface area contributed by atoms with Crippen molar-refractivity contribution in [2.45, 2.75) is 33.2 Å². The lowest BCUT2D eigenvalue weighted by atomic mass is 10.1. The van der Waals surface area contributed by atoms with Gasteiger partial charge in [0.05, 0.1) is 6.61 Å². The summed E-state index contributed by atoms with van der Waals surface area (Å²) < 4.78 is 4.72. The first kappa shape index (κ1) is 12.6. The molecule has 0 N–H and O–H groups in total. The lowest BCUT2D eigenvalue weighted by molar-refractivity contribution is -0.511. The molecule has 0 heterocycles. The smallest absolute Gasteiger partial charge is 0.340 e. The van der Waals surface area contributed by atoms with Gasteiger partial charge >= 0.3 is 5.97 Å². The van der Waals surface area contributed by atoms with Gasteiger partial charge in [0.15, 0.2) is 0 Å². The minimum Gasteiger partial charge on any atom is -0.462 e. The zero-order valence-corrected chi connectivity index (χ0v) is 8.65. The van der Waals surface area contributed by atoms with Crippen molar-refractivity contribution < 1.29 is 14.5 Å². The predicted octanol–water partition coefficient (Wildman–Crippen LogP) is 1.55. The van der Waals surface area contributed by atoms with Crippen LogP contribution in [0.2, 0.25) is 0 Å². The van der Waals surface area contributed by atoms with Crippen LogP contribution in [0.25, 0.3) is 0 Å². The minimum atomic E-state index is -0.959. The van der Waals surface area contributed by atoms with Gasteiger partial charge in [-0.25, -0.2) is 4.79 Å². The van der Waals surface area contributed by atoms with E-state index in [-0.39, 0.29) is 18.6 Å². The fraction of sp³-hybridized carbons (Fsp3) is 0.667. The zero-order valence-electron chi connectivity index (χ0n) is 8.65. The van der Waals surface area contributed by atoms with Crippen LogP contribution in [0.5, 0.6) is 0 Å². The Labute approximate surface area is 82.9 Å². The van der Waals surface area contributed by atoms with E-state index in [1.165, 1.54) is 6.08 Å². The van der Waals surface area contributed by atoms with Crippen LogP contribution >= 0.6 is 0 Å². The molecule has 0 fully saturated rings. The lowest BCUT2D eigenvalue weighted by Gasteiger charge is -2.09. The summed E-state index contributed by atoms with van der Waals surface area (Å²) in [5.41, 5.74) is 0.124. The highest BCUT2D eigenvalue weighted by Crippen LogP contribution is 2.11. The van der Waals surface area contributed by atoms with Gasteiger partial charge in [0.1, 0.15) is 5.57 Å². The second-order valence-corrected chi connectivity index (χ2v) is 2.67. The summed E-state index contributed by atoms with van der Waals surface area (Å²) in [6.45, 7) is 5.15. The molecule has 0 saturated carbocycles. The highest BCUT2D eigenvalue weighted by molar-refractivity contribution is 5.89. The first-order valence-electron chi connectivity index (χ1n) is 4.55. The van der Waals surface area contributed by atoms with Gasteiger partial charge in [0, 0.05) is 11.3 Å². The molecule has 0 aromatic carbocycles. The first-order chi connectivity index (χ1) is 6.58. The molecule has 5 heteroatoms. The van der Waals surface area contributed by atoms with E-state index < -0.39 is 16.9 Å². The van der Waals surface area contributed by atoms with Crippen molar-refractivity contribution in [1.82, 2.24) is 0 Å². The minimum absolute atomic E-state index is 0.124. The van der Waals surface area contributed by atoms with Crippen molar-refractivity contribution in [2.24, 2.45) is 0 Å². The van der Waals surface area contributed by atoms with Gasteiger partial charge in [-0.05, 0) is 13.8 Å². The summed E-state index contributed by atoms with van der Waals surface area (Å²) in [5, 5.41) is 10.6. The number of allylic oxidation sites excluding steroid dienone is 1. The largest absolute Gasteiger partial charge is 0.462 e. The summed E-state index contributed by atoms with van der Waals surface area (Å²) in [5.74, 6) is -0.599. The second kappa shape index (κ2) is 6.12. The molecule has 0 aliphatic heterocycles. The summed E-state index contributed by atoms with van der Waals surface area (Å²) >= 11 is 0. The highest BCUT2D eigenvalue weighted by atomic mass is 16.6. The quantitative estimate of drug-likeness (QED) is 0.293. The zero-order chi connectivity index (χ0) is 11.1. The van der Waals surface area contributed by atoms with E-state index in [4.69, 9.17) is 4.74 Å². The van der Waals surface area contributed by atoms with Crippen LogP contribution in [0, 0.1) is 10.1 Å². The van der Waals surface area contributed by atoms with Crippen LogP contribution in [0.15, 0.2) is 11.6 Å². The molecule has 0 aliphatic rings. The number of hydrogen-bond donors (Lipinski definition) is 0. The molecule has 80 valence electrons. The predicted molar refractivity (Wildman–Crippen MR) is 51.5 cm³/mol. The number of carbonyl (C=O) groups excluding carboxylic acids is 1. The number of carbonyl (C=O) groups is 1. The monoisotopic (exact) mass is 201 g/mol. The molecule has 0 amide bonds. The Morgan fingerprint density at radius 2 is 2.14 bits per heavy atom. The van der Waals surface area contributed by atoms with Crippen molar-refractivity contribution in [3.63, 3.8) is 0 Å². The van der Waals surface area contributed by atoms with Crippen LogP contribution in [0.1, 0.15) is 27.2 Å². The Morgan fingerprint density at radius 3 is 2.43 bits per heavy atom. The Hall–Kier alpha value is -1.39. The fourth-order valence-electron chi connectivity index (χ4n) is 1.14. The average molecular weight is 201 g/mol. The van der Waals surface area contributed by atoms with E-state index in [1.54, 1.807) is 20.8 Å². The molecule has 0 spiro atoms. The van der Waals surface area contributed by atoms with Crippen LogP contribution in [-0.4, -0.2) is 23.5 Å². The normalized spacial score (nSPS) is 13.5. The molecule has 0 bridgehead atoms. The van der Waals surface area contributed by atoms with E-state index in [0.717, 1.165) is 0 Å².